The normalized spacial score (nSPS) is 13.6. The van der Waals surface area contributed by atoms with Crippen LogP contribution < -0.4 is 4.72 Å². The Morgan fingerprint density at radius 3 is 1.93 bits per heavy atom. The number of rotatable bonds is 6. The summed E-state index contributed by atoms with van der Waals surface area (Å²) in [5, 5.41) is -0.472. The van der Waals surface area contributed by atoms with E-state index in [-0.39, 0.29) is 11.8 Å². The predicted octanol–water partition coefficient (Wildman–Crippen LogP) is 1.94. The lowest BCUT2D eigenvalue weighted by atomic mass is 10.0. The monoisotopic (exact) mass is 261 g/mol. The molecule has 14 heavy (non-hydrogen) atoms. The molecule has 0 unspecified atom stereocenters. The van der Waals surface area contributed by atoms with Crippen LogP contribution in [0.3, 0.4) is 0 Å². The molecule has 0 amide bonds. The third-order valence-corrected chi connectivity index (χ3v) is 5.15. The van der Waals surface area contributed by atoms with Crippen molar-refractivity contribution in [1.29, 1.82) is 0 Å². The molecule has 0 fully saturated rings. The number of alkyl halides is 2. The first-order valence-corrected chi connectivity index (χ1v) is 7.10. The van der Waals surface area contributed by atoms with E-state index in [0.717, 1.165) is 0 Å². The Labute approximate surface area is 96.2 Å². The SMILES string of the molecule is CCC(CCl)(CCl)NS(=O)(=O)C(C)C. The van der Waals surface area contributed by atoms with Gasteiger partial charge in [-0.1, -0.05) is 6.92 Å². The van der Waals surface area contributed by atoms with Crippen molar-refractivity contribution in [3.8, 4) is 0 Å². The Bertz CT molecular complexity index is 252. The molecule has 0 aliphatic heterocycles. The van der Waals surface area contributed by atoms with Gasteiger partial charge < -0.3 is 0 Å². The molecule has 0 aliphatic rings. The number of halogens is 2. The first-order chi connectivity index (χ1) is 6.33. The van der Waals surface area contributed by atoms with Crippen molar-refractivity contribution in [1.82, 2.24) is 4.72 Å². The Kier molecular flexibility index (Phi) is 5.73. The van der Waals surface area contributed by atoms with Crippen molar-refractivity contribution in [3.05, 3.63) is 0 Å². The molecule has 6 heteroatoms. The van der Waals surface area contributed by atoms with Gasteiger partial charge in [0, 0.05) is 11.8 Å². The second kappa shape index (κ2) is 5.54. The first-order valence-electron chi connectivity index (χ1n) is 4.48. The van der Waals surface area contributed by atoms with E-state index in [1.54, 1.807) is 13.8 Å². The maximum absolute atomic E-state index is 11.6. The highest BCUT2D eigenvalue weighted by Gasteiger charge is 2.32. The molecule has 0 aromatic heterocycles. The molecule has 0 radical (unpaired) electrons. The summed E-state index contributed by atoms with van der Waals surface area (Å²) < 4.78 is 25.8. The van der Waals surface area contributed by atoms with Crippen LogP contribution in [0, 0.1) is 0 Å². The molecule has 0 heterocycles. The fourth-order valence-electron chi connectivity index (χ4n) is 0.771. The van der Waals surface area contributed by atoms with E-state index in [1.165, 1.54) is 0 Å². The zero-order valence-electron chi connectivity index (χ0n) is 8.68. The minimum absolute atomic E-state index is 0.180. The van der Waals surface area contributed by atoms with Crippen molar-refractivity contribution in [3.63, 3.8) is 0 Å². The summed E-state index contributed by atoms with van der Waals surface area (Å²) in [7, 11) is -3.31. The summed E-state index contributed by atoms with van der Waals surface area (Å²) in [4.78, 5) is 0. The van der Waals surface area contributed by atoms with Crippen molar-refractivity contribution < 1.29 is 8.42 Å². The van der Waals surface area contributed by atoms with Crippen molar-refractivity contribution in [2.45, 2.75) is 38.0 Å². The molecule has 0 saturated carbocycles. The van der Waals surface area contributed by atoms with Crippen LogP contribution in [0.5, 0.6) is 0 Å². The van der Waals surface area contributed by atoms with Gasteiger partial charge in [-0.05, 0) is 20.3 Å². The summed E-state index contributed by atoms with van der Waals surface area (Å²) in [6.07, 6.45) is 0.575. The molecule has 0 spiro atoms. The van der Waals surface area contributed by atoms with Gasteiger partial charge in [0.2, 0.25) is 10.0 Å². The van der Waals surface area contributed by atoms with Gasteiger partial charge >= 0.3 is 0 Å². The van der Waals surface area contributed by atoms with Crippen molar-refractivity contribution in [2.24, 2.45) is 0 Å². The summed E-state index contributed by atoms with van der Waals surface area (Å²) in [6, 6.07) is 0. The van der Waals surface area contributed by atoms with Crippen LogP contribution in [0.25, 0.3) is 0 Å². The number of hydrogen-bond acceptors (Lipinski definition) is 2. The van der Waals surface area contributed by atoms with Crippen molar-refractivity contribution >= 4 is 33.2 Å². The van der Waals surface area contributed by atoms with Gasteiger partial charge in [0.1, 0.15) is 0 Å². The van der Waals surface area contributed by atoms with Gasteiger partial charge in [-0.3, -0.25) is 0 Å². The van der Waals surface area contributed by atoms with Gasteiger partial charge in [0.05, 0.1) is 10.8 Å². The molecule has 0 aromatic carbocycles. The molecular formula is C8H17Cl2NO2S. The van der Waals surface area contributed by atoms with Crippen LogP contribution in [0.15, 0.2) is 0 Å². The lowest BCUT2D eigenvalue weighted by Gasteiger charge is -2.29. The highest BCUT2D eigenvalue weighted by atomic mass is 35.5. The molecule has 3 nitrogen and oxygen atoms in total. The van der Waals surface area contributed by atoms with Crippen LogP contribution in [0.4, 0.5) is 0 Å². The highest BCUT2D eigenvalue weighted by molar-refractivity contribution is 7.90. The summed E-state index contributed by atoms with van der Waals surface area (Å²) >= 11 is 11.4. The van der Waals surface area contributed by atoms with Gasteiger partial charge in [0.25, 0.3) is 0 Å². The average molecular weight is 262 g/mol. The molecule has 0 aromatic rings. The Balaban J connectivity index is 4.78. The minimum atomic E-state index is -3.31. The van der Waals surface area contributed by atoms with Gasteiger partial charge in [-0.15, -0.1) is 23.2 Å². The van der Waals surface area contributed by atoms with Gasteiger partial charge in [-0.2, -0.15) is 0 Å². The van der Waals surface area contributed by atoms with Crippen LogP contribution in [0.2, 0.25) is 0 Å². The third kappa shape index (κ3) is 3.57. The number of sulfonamides is 1. The second-order valence-electron chi connectivity index (χ2n) is 3.60. The molecule has 86 valence electrons. The Morgan fingerprint density at radius 2 is 1.71 bits per heavy atom. The average Bonchev–Trinajstić information content (AvgIpc) is 2.14. The zero-order valence-corrected chi connectivity index (χ0v) is 11.0. The topological polar surface area (TPSA) is 46.2 Å². The van der Waals surface area contributed by atoms with Crippen LogP contribution >= 0.6 is 23.2 Å². The fourth-order valence-corrected chi connectivity index (χ4v) is 2.85. The second-order valence-corrected chi connectivity index (χ2v) is 6.37. The maximum Gasteiger partial charge on any atom is 0.214 e. The Hall–Kier alpha value is 0.490. The summed E-state index contributed by atoms with van der Waals surface area (Å²) in [5.41, 5.74) is -0.716. The van der Waals surface area contributed by atoms with Crippen LogP contribution in [-0.4, -0.2) is 31.0 Å². The van der Waals surface area contributed by atoms with Gasteiger partial charge in [0.15, 0.2) is 0 Å². The first kappa shape index (κ1) is 14.5. The van der Waals surface area contributed by atoms with Crippen LogP contribution in [-0.2, 0) is 10.0 Å². The van der Waals surface area contributed by atoms with E-state index in [1.807, 2.05) is 6.92 Å². The summed E-state index contributed by atoms with van der Waals surface area (Å²) in [6.45, 7) is 5.09. The standard InChI is InChI=1S/C8H17Cl2NO2S/c1-4-8(5-9,6-10)11-14(12,13)7(2)3/h7,11H,4-6H2,1-3H3. The highest BCUT2D eigenvalue weighted by Crippen LogP contribution is 2.17. The number of hydrogen-bond donors (Lipinski definition) is 1. The quantitative estimate of drug-likeness (QED) is 0.743. The third-order valence-electron chi connectivity index (χ3n) is 2.17. The van der Waals surface area contributed by atoms with Crippen molar-refractivity contribution in [2.75, 3.05) is 11.8 Å². The van der Waals surface area contributed by atoms with Gasteiger partial charge in [-0.25, -0.2) is 13.1 Å². The largest absolute Gasteiger partial charge is 0.214 e. The molecule has 1 N–H and O–H groups in total. The lowest BCUT2D eigenvalue weighted by Crippen LogP contribution is -2.53. The van der Waals surface area contributed by atoms with E-state index in [4.69, 9.17) is 23.2 Å². The molecule has 0 atom stereocenters. The van der Waals surface area contributed by atoms with E-state index in [2.05, 4.69) is 4.72 Å². The zero-order chi connectivity index (χ0) is 11.4. The fraction of sp³-hybridized carbons (Fsp3) is 1.00. The molecule has 0 bridgehead atoms. The molecule has 0 saturated heterocycles. The van der Waals surface area contributed by atoms with Crippen LogP contribution in [0.1, 0.15) is 27.2 Å². The Morgan fingerprint density at radius 1 is 1.29 bits per heavy atom. The minimum Gasteiger partial charge on any atom is -0.212 e. The van der Waals surface area contributed by atoms with E-state index in [0.29, 0.717) is 6.42 Å². The predicted molar refractivity (Wildman–Crippen MR) is 61.7 cm³/mol. The molecular weight excluding hydrogens is 245 g/mol. The lowest BCUT2D eigenvalue weighted by molar-refractivity contribution is 0.446. The van der Waals surface area contributed by atoms with E-state index < -0.39 is 20.8 Å². The summed E-state index contributed by atoms with van der Waals surface area (Å²) in [5.74, 6) is 0.359. The van der Waals surface area contributed by atoms with E-state index >= 15 is 0 Å². The molecule has 0 rings (SSSR count). The van der Waals surface area contributed by atoms with E-state index in [9.17, 15) is 8.42 Å². The smallest absolute Gasteiger partial charge is 0.212 e. The number of nitrogens with one attached hydrogen (secondary N) is 1. The molecule has 0 aliphatic carbocycles. The maximum atomic E-state index is 11.6.